The molecule has 0 atom stereocenters. The van der Waals surface area contributed by atoms with Gasteiger partial charge in [-0.3, -0.25) is 10.1 Å². The van der Waals surface area contributed by atoms with E-state index in [0.717, 1.165) is 6.42 Å². The van der Waals surface area contributed by atoms with Crippen LogP contribution in [-0.2, 0) is 0 Å². The van der Waals surface area contributed by atoms with E-state index >= 15 is 0 Å². The molecule has 0 aliphatic carbocycles. The van der Waals surface area contributed by atoms with Gasteiger partial charge in [0.05, 0.1) is 11.5 Å². The van der Waals surface area contributed by atoms with Gasteiger partial charge in [-0.25, -0.2) is 0 Å². The first-order valence-corrected chi connectivity index (χ1v) is 6.16. The van der Waals surface area contributed by atoms with Crippen LogP contribution in [0.3, 0.4) is 0 Å². The molecule has 0 spiro atoms. The van der Waals surface area contributed by atoms with Gasteiger partial charge in [0.25, 0.3) is 0 Å². The van der Waals surface area contributed by atoms with Crippen molar-refractivity contribution in [3.05, 3.63) is 28.3 Å². The largest absolute Gasteiger partial charge is 0.492 e. The molecular weight excluding hydrogens is 248 g/mol. The van der Waals surface area contributed by atoms with Gasteiger partial charge < -0.3 is 15.2 Å². The van der Waals surface area contributed by atoms with Crippen molar-refractivity contribution in [3.63, 3.8) is 0 Å². The van der Waals surface area contributed by atoms with Gasteiger partial charge in [0.15, 0.2) is 0 Å². The number of rotatable bonds is 7. The summed E-state index contributed by atoms with van der Waals surface area (Å²) in [6, 6.07) is 4.45. The Balaban J connectivity index is 2.88. The molecule has 6 heteroatoms. The van der Waals surface area contributed by atoms with Crippen LogP contribution in [0.4, 0.5) is 5.69 Å². The molecular formula is C13H20N2O4. The summed E-state index contributed by atoms with van der Waals surface area (Å²) >= 11 is 0. The van der Waals surface area contributed by atoms with E-state index in [1.807, 2.05) is 20.8 Å². The molecule has 0 aliphatic rings. The summed E-state index contributed by atoms with van der Waals surface area (Å²) < 4.78 is 10.9. The Hall–Kier alpha value is -1.82. The third-order valence-corrected chi connectivity index (χ3v) is 2.20. The minimum atomic E-state index is -0.471. The predicted molar refractivity (Wildman–Crippen MR) is 72.6 cm³/mol. The molecule has 0 aliphatic heterocycles. The van der Waals surface area contributed by atoms with E-state index in [1.165, 1.54) is 12.1 Å². The average Bonchev–Trinajstić information content (AvgIpc) is 2.32. The van der Waals surface area contributed by atoms with Gasteiger partial charge >= 0.3 is 5.69 Å². The lowest BCUT2D eigenvalue weighted by molar-refractivity contribution is -0.385. The van der Waals surface area contributed by atoms with Crippen LogP contribution in [0.2, 0.25) is 0 Å². The molecule has 0 bridgehead atoms. The molecule has 0 saturated carbocycles. The molecule has 1 aromatic carbocycles. The van der Waals surface area contributed by atoms with Crippen LogP contribution in [0.5, 0.6) is 11.5 Å². The van der Waals surface area contributed by atoms with Crippen LogP contribution < -0.4 is 15.2 Å². The maximum absolute atomic E-state index is 10.9. The number of ether oxygens (including phenoxy) is 2. The van der Waals surface area contributed by atoms with E-state index in [9.17, 15) is 10.1 Å². The fourth-order valence-electron chi connectivity index (χ4n) is 1.33. The third kappa shape index (κ3) is 5.13. The lowest BCUT2D eigenvalue weighted by Gasteiger charge is -2.19. The van der Waals surface area contributed by atoms with Gasteiger partial charge in [0.1, 0.15) is 12.4 Å². The van der Waals surface area contributed by atoms with Gasteiger partial charge in [-0.05, 0) is 26.3 Å². The molecule has 0 radical (unpaired) electrons. The Morgan fingerprint density at radius 3 is 2.58 bits per heavy atom. The lowest BCUT2D eigenvalue weighted by Crippen LogP contribution is -2.38. The van der Waals surface area contributed by atoms with E-state index in [-0.39, 0.29) is 11.4 Å². The van der Waals surface area contributed by atoms with Crippen LogP contribution >= 0.6 is 0 Å². The number of hydrogen-bond acceptors (Lipinski definition) is 5. The second kappa shape index (κ2) is 6.38. The van der Waals surface area contributed by atoms with Crippen LogP contribution in [0.15, 0.2) is 18.2 Å². The summed E-state index contributed by atoms with van der Waals surface area (Å²) in [5, 5.41) is 10.9. The molecule has 1 rings (SSSR count). The van der Waals surface area contributed by atoms with Crippen molar-refractivity contribution in [1.29, 1.82) is 0 Å². The molecule has 0 amide bonds. The van der Waals surface area contributed by atoms with Gasteiger partial charge in [0, 0.05) is 17.7 Å². The summed E-state index contributed by atoms with van der Waals surface area (Å²) in [7, 11) is 0. The smallest absolute Gasteiger partial charge is 0.311 e. The van der Waals surface area contributed by atoms with Gasteiger partial charge in [-0.2, -0.15) is 0 Å². The Morgan fingerprint density at radius 2 is 2.05 bits per heavy atom. The highest BCUT2D eigenvalue weighted by molar-refractivity contribution is 5.50. The third-order valence-electron chi connectivity index (χ3n) is 2.20. The fraction of sp³-hybridized carbons (Fsp3) is 0.538. The van der Waals surface area contributed by atoms with Crippen molar-refractivity contribution in [2.24, 2.45) is 5.73 Å². The maximum atomic E-state index is 10.9. The van der Waals surface area contributed by atoms with Crippen LogP contribution in [-0.4, -0.2) is 23.7 Å². The van der Waals surface area contributed by atoms with Crippen LogP contribution in [0.25, 0.3) is 0 Å². The van der Waals surface area contributed by atoms with Gasteiger partial charge in [0.2, 0.25) is 5.75 Å². The second-order valence-corrected chi connectivity index (χ2v) is 5.01. The number of benzene rings is 1. The highest BCUT2D eigenvalue weighted by Gasteiger charge is 2.17. The first-order chi connectivity index (χ1) is 8.83. The molecule has 1 aromatic rings. The average molecular weight is 268 g/mol. The van der Waals surface area contributed by atoms with Crippen LogP contribution in [0, 0.1) is 10.1 Å². The Labute approximate surface area is 112 Å². The zero-order valence-electron chi connectivity index (χ0n) is 11.5. The summed E-state index contributed by atoms with van der Waals surface area (Å²) in [4.78, 5) is 10.4. The molecule has 0 fully saturated rings. The highest BCUT2D eigenvalue weighted by atomic mass is 16.6. The topological polar surface area (TPSA) is 87.6 Å². The van der Waals surface area contributed by atoms with Gasteiger partial charge in [-0.15, -0.1) is 0 Å². The minimum Gasteiger partial charge on any atom is -0.492 e. The monoisotopic (exact) mass is 268 g/mol. The van der Waals surface area contributed by atoms with E-state index < -0.39 is 10.5 Å². The Kier molecular flexibility index (Phi) is 5.11. The quantitative estimate of drug-likeness (QED) is 0.606. The number of nitrogens with zero attached hydrogens (tertiary/aromatic N) is 1. The normalized spacial score (nSPS) is 11.2. The number of nitro benzene ring substituents is 1. The molecule has 6 nitrogen and oxygen atoms in total. The highest BCUT2D eigenvalue weighted by Crippen LogP contribution is 2.31. The van der Waals surface area contributed by atoms with Crippen LogP contribution in [0.1, 0.15) is 27.2 Å². The number of hydrogen-bond donors (Lipinski definition) is 1. The number of nitro groups is 1. The summed E-state index contributed by atoms with van der Waals surface area (Å²) in [6.07, 6.45) is 0.776. The molecule has 2 N–H and O–H groups in total. The zero-order chi connectivity index (χ0) is 14.5. The van der Waals surface area contributed by atoms with Crippen molar-refractivity contribution in [3.8, 4) is 11.5 Å². The van der Waals surface area contributed by atoms with Crippen molar-refractivity contribution in [2.75, 3.05) is 13.2 Å². The lowest BCUT2D eigenvalue weighted by atomic mass is 10.1. The zero-order valence-corrected chi connectivity index (χ0v) is 11.5. The molecule has 19 heavy (non-hydrogen) atoms. The maximum Gasteiger partial charge on any atom is 0.311 e. The van der Waals surface area contributed by atoms with Crippen molar-refractivity contribution in [1.82, 2.24) is 0 Å². The van der Waals surface area contributed by atoms with Crippen molar-refractivity contribution >= 4 is 5.69 Å². The number of nitrogens with two attached hydrogens (primary N) is 1. The first-order valence-electron chi connectivity index (χ1n) is 6.16. The molecule has 0 unspecified atom stereocenters. The Bertz CT molecular complexity index is 441. The van der Waals surface area contributed by atoms with E-state index in [0.29, 0.717) is 19.0 Å². The second-order valence-electron chi connectivity index (χ2n) is 5.01. The predicted octanol–water partition coefficient (Wildman–Crippen LogP) is 2.50. The van der Waals surface area contributed by atoms with Gasteiger partial charge in [-0.1, -0.05) is 6.92 Å². The van der Waals surface area contributed by atoms with E-state index in [1.54, 1.807) is 6.07 Å². The SMILES string of the molecule is CCCOc1cc(OCC(C)(C)N)ccc1[N+](=O)[O-]. The minimum absolute atomic E-state index is 0.0622. The Morgan fingerprint density at radius 1 is 1.37 bits per heavy atom. The summed E-state index contributed by atoms with van der Waals surface area (Å²) in [5.74, 6) is 0.731. The van der Waals surface area contributed by atoms with E-state index in [4.69, 9.17) is 15.2 Å². The molecule has 0 saturated heterocycles. The molecule has 0 aromatic heterocycles. The standard InChI is InChI=1S/C13H20N2O4/c1-4-7-18-12-8-10(19-9-13(2,3)14)5-6-11(12)15(16)17/h5-6,8H,4,7,9,14H2,1-3H3. The molecule has 106 valence electrons. The van der Waals surface area contributed by atoms with Crippen molar-refractivity contribution < 1.29 is 14.4 Å². The summed E-state index contributed by atoms with van der Waals surface area (Å²) in [5.41, 5.74) is 5.29. The fourth-order valence-corrected chi connectivity index (χ4v) is 1.33. The summed E-state index contributed by atoms with van der Waals surface area (Å²) in [6.45, 7) is 6.35. The first kappa shape index (κ1) is 15.2. The van der Waals surface area contributed by atoms with Crippen molar-refractivity contribution in [2.45, 2.75) is 32.7 Å². The molecule has 0 heterocycles. The van der Waals surface area contributed by atoms with E-state index in [2.05, 4.69) is 0 Å².